The topological polar surface area (TPSA) is 43.9 Å². The van der Waals surface area contributed by atoms with Crippen LogP contribution in [-0.2, 0) is 0 Å². The average Bonchev–Trinajstić information content (AvgIpc) is 3.94. The summed E-state index contributed by atoms with van der Waals surface area (Å²) in [4.78, 5) is 11.2. The fourth-order valence-electron chi connectivity index (χ4n) is 9.56. The van der Waals surface area contributed by atoms with Gasteiger partial charge in [-0.15, -0.1) is 0 Å². The molecule has 266 valence electrons. The van der Waals surface area contributed by atoms with Crippen LogP contribution in [0.4, 0.5) is 0 Å². The number of para-hydroxylation sites is 2. The van der Waals surface area contributed by atoms with Crippen molar-refractivity contribution in [3.05, 3.63) is 200 Å². The first-order valence-electron chi connectivity index (χ1n) is 19.4. The third-order valence-corrected chi connectivity index (χ3v) is 22.1. The molecule has 0 radical (unpaired) electrons. The number of hydrogen-bond acceptors (Lipinski definition) is 3. The van der Waals surface area contributed by atoms with Gasteiger partial charge in [0.1, 0.15) is 0 Å². The van der Waals surface area contributed by atoms with E-state index in [0.717, 1.165) is 67.0 Å². The molecule has 4 nitrogen and oxygen atoms in total. The zero-order chi connectivity index (χ0) is 37.5. The molecule has 4 heterocycles. The summed E-state index contributed by atoms with van der Waals surface area (Å²) < 4.78 is 14.3. The van der Waals surface area contributed by atoms with Crippen molar-refractivity contribution < 1.29 is 4.42 Å². The number of rotatable bonds is 5. The van der Waals surface area contributed by atoms with E-state index in [-0.39, 0.29) is 0 Å². The summed E-state index contributed by atoms with van der Waals surface area (Å²) in [6, 6.07) is 72.2. The minimum atomic E-state index is -3.75. The van der Waals surface area contributed by atoms with Gasteiger partial charge in [0, 0.05) is 0 Å². The van der Waals surface area contributed by atoms with E-state index in [9.17, 15) is 0 Å². The molecule has 12 rings (SSSR count). The first kappa shape index (κ1) is 32.2. The van der Waals surface area contributed by atoms with Crippen LogP contribution >= 0.6 is 0 Å². The number of furan rings is 1. The average molecular weight is 788 g/mol. The van der Waals surface area contributed by atoms with Crippen LogP contribution in [0.25, 0.3) is 83.3 Å². The van der Waals surface area contributed by atoms with Crippen LogP contribution in [0.1, 0.15) is 0 Å². The van der Waals surface area contributed by atoms with Gasteiger partial charge < -0.3 is 0 Å². The first-order valence-corrected chi connectivity index (χ1v) is 23.6. The van der Waals surface area contributed by atoms with Crippen molar-refractivity contribution in [3.63, 3.8) is 0 Å². The maximum atomic E-state index is 6.46. The standard InChI is InChI=1S/C52H33GeN3O/c1-4-17-34(18-5-1)52-54-49(48-50(55-52)41-26-10-13-28-43(41)53(48,36-20-6-2-7-21-36)37-22-8-3-9-23-37)35-19-16-24-38(33-35)56-44-29-14-11-25-39(44)40-31-32-46-47(51(40)56)42-27-12-15-30-45(42)57-46/h1-33H. The molecule has 5 heteroatoms. The van der Waals surface area contributed by atoms with Crippen molar-refractivity contribution in [2.75, 3.05) is 0 Å². The van der Waals surface area contributed by atoms with E-state index in [2.05, 4.69) is 193 Å². The molecule has 8 aromatic carbocycles. The quantitative estimate of drug-likeness (QED) is 0.163. The van der Waals surface area contributed by atoms with E-state index in [0.29, 0.717) is 0 Å². The molecule has 0 unspecified atom stereocenters. The van der Waals surface area contributed by atoms with Gasteiger partial charge in [-0.3, -0.25) is 0 Å². The van der Waals surface area contributed by atoms with Crippen LogP contribution < -0.4 is 17.6 Å². The number of hydrogen-bond donors (Lipinski definition) is 0. The van der Waals surface area contributed by atoms with Gasteiger partial charge >= 0.3 is 333 Å². The Kier molecular flexibility index (Phi) is 7.07. The van der Waals surface area contributed by atoms with Crippen molar-refractivity contribution in [2.24, 2.45) is 0 Å². The molecule has 0 amide bonds. The molecule has 0 fully saturated rings. The molecule has 0 N–H and O–H groups in total. The van der Waals surface area contributed by atoms with E-state index in [1.54, 1.807) is 0 Å². The molecule has 0 saturated heterocycles. The van der Waals surface area contributed by atoms with Crippen molar-refractivity contribution >= 4 is 74.6 Å². The summed E-state index contributed by atoms with van der Waals surface area (Å²) in [5, 5.41) is 4.64. The molecule has 0 spiro atoms. The van der Waals surface area contributed by atoms with Gasteiger partial charge in [0.2, 0.25) is 0 Å². The predicted molar refractivity (Wildman–Crippen MR) is 237 cm³/mol. The normalized spacial score (nSPS) is 13.1. The predicted octanol–water partition coefficient (Wildman–Crippen LogP) is 10.2. The van der Waals surface area contributed by atoms with Gasteiger partial charge in [0.15, 0.2) is 0 Å². The molecular weight excluding hydrogens is 755 g/mol. The Labute approximate surface area is 331 Å². The van der Waals surface area contributed by atoms with Gasteiger partial charge in [-0.25, -0.2) is 0 Å². The third kappa shape index (κ3) is 4.62. The van der Waals surface area contributed by atoms with Crippen molar-refractivity contribution in [1.82, 2.24) is 14.5 Å². The second-order valence-corrected chi connectivity index (χ2v) is 22.6. The summed E-state index contributed by atoms with van der Waals surface area (Å²) in [6.45, 7) is 0. The Morgan fingerprint density at radius 3 is 1.88 bits per heavy atom. The fraction of sp³-hybridized carbons (Fsp3) is 0. The number of benzene rings is 8. The van der Waals surface area contributed by atoms with Gasteiger partial charge in [-0.1, -0.05) is 0 Å². The van der Waals surface area contributed by atoms with Crippen LogP contribution in [0.5, 0.6) is 0 Å². The second kappa shape index (κ2) is 12.5. The SMILES string of the molecule is c1ccc(-c2nc(-c3cccc(-n4c5ccccc5c5ccc6oc7ccccc7c6c54)c3)[c]3c(n2)-c2cccc[c]2[Ge]3([c]2ccccc2)[c]2ccccc2)cc1. The molecule has 0 saturated carbocycles. The molecule has 0 atom stereocenters. The molecule has 1 aliphatic heterocycles. The Morgan fingerprint density at radius 1 is 0.456 bits per heavy atom. The van der Waals surface area contributed by atoms with E-state index >= 15 is 0 Å². The fourth-order valence-corrected chi connectivity index (χ4v) is 20.5. The van der Waals surface area contributed by atoms with E-state index in [1.807, 2.05) is 12.1 Å². The van der Waals surface area contributed by atoms with Gasteiger partial charge in [0.05, 0.1) is 0 Å². The third-order valence-electron chi connectivity index (χ3n) is 11.9. The minimum absolute atomic E-state index is 0.729. The van der Waals surface area contributed by atoms with Gasteiger partial charge in [-0.05, 0) is 0 Å². The number of fused-ring (bicyclic) bond motifs is 10. The Balaban J connectivity index is 1.21. The Bertz CT molecular complexity index is 3310. The second-order valence-electron chi connectivity index (χ2n) is 14.8. The molecule has 57 heavy (non-hydrogen) atoms. The maximum absolute atomic E-state index is 6.46. The van der Waals surface area contributed by atoms with E-state index in [4.69, 9.17) is 14.4 Å². The number of aromatic nitrogens is 3. The van der Waals surface area contributed by atoms with Crippen LogP contribution in [0, 0.1) is 0 Å². The summed E-state index contributed by atoms with van der Waals surface area (Å²) >= 11 is -3.75. The van der Waals surface area contributed by atoms with Crippen LogP contribution in [0.3, 0.4) is 0 Å². The van der Waals surface area contributed by atoms with Crippen molar-refractivity contribution in [1.29, 1.82) is 0 Å². The van der Waals surface area contributed by atoms with Crippen molar-refractivity contribution in [2.45, 2.75) is 0 Å². The molecule has 3 aromatic heterocycles. The molecule has 11 aromatic rings. The van der Waals surface area contributed by atoms with Gasteiger partial charge in [0.25, 0.3) is 0 Å². The van der Waals surface area contributed by atoms with E-state index in [1.165, 1.54) is 33.9 Å². The molecular formula is C52H33GeN3O. The van der Waals surface area contributed by atoms with Crippen LogP contribution in [0.15, 0.2) is 205 Å². The molecule has 1 aliphatic rings. The first-order chi connectivity index (χ1) is 28.3. The molecule has 0 aliphatic carbocycles. The summed E-state index contributed by atoms with van der Waals surface area (Å²) in [5.41, 5.74) is 10.4. The zero-order valence-electron chi connectivity index (χ0n) is 30.8. The monoisotopic (exact) mass is 789 g/mol. The van der Waals surface area contributed by atoms with Crippen molar-refractivity contribution in [3.8, 4) is 39.6 Å². The van der Waals surface area contributed by atoms with E-state index < -0.39 is 13.3 Å². The molecule has 0 bridgehead atoms. The summed E-state index contributed by atoms with van der Waals surface area (Å²) in [5.74, 6) is 0.729. The van der Waals surface area contributed by atoms with Gasteiger partial charge in [-0.2, -0.15) is 0 Å². The summed E-state index contributed by atoms with van der Waals surface area (Å²) in [7, 11) is 0. The van der Waals surface area contributed by atoms with Crippen LogP contribution in [0.2, 0.25) is 0 Å². The van der Waals surface area contributed by atoms with Crippen LogP contribution in [-0.4, -0.2) is 27.8 Å². The zero-order valence-corrected chi connectivity index (χ0v) is 32.9. The summed E-state index contributed by atoms with van der Waals surface area (Å²) in [6.07, 6.45) is 0. The Morgan fingerprint density at radius 2 is 1.09 bits per heavy atom. The number of nitrogens with zero attached hydrogens (tertiary/aromatic N) is 3. The Hall–Kier alpha value is -7.02.